The van der Waals surface area contributed by atoms with Gasteiger partial charge in [0.25, 0.3) is 0 Å². The van der Waals surface area contributed by atoms with E-state index in [1.807, 2.05) is 6.07 Å². The molecule has 1 fully saturated rings. The van der Waals surface area contributed by atoms with E-state index in [1.54, 1.807) is 6.07 Å². The third-order valence-corrected chi connectivity index (χ3v) is 5.01. The van der Waals surface area contributed by atoms with Gasteiger partial charge in [0.2, 0.25) is 0 Å². The lowest BCUT2D eigenvalue weighted by atomic mass is 9.90. The van der Waals surface area contributed by atoms with Crippen molar-refractivity contribution in [2.24, 2.45) is 0 Å². The first kappa shape index (κ1) is 14.0. The number of aliphatic hydroxyl groups is 1. The summed E-state index contributed by atoms with van der Waals surface area (Å²) in [5, 5.41) is 13.7. The zero-order chi connectivity index (χ0) is 14.0. The highest BCUT2D eigenvalue weighted by Crippen LogP contribution is 2.38. The van der Waals surface area contributed by atoms with Crippen LogP contribution in [-0.2, 0) is 12.0 Å². The van der Waals surface area contributed by atoms with E-state index in [1.165, 1.54) is 44.6 Å². The Bertz CT molecular complexity index is 468. The number of benzene rings is 1. The molecule has 1 aromatic rings. The highest BCUT2D eigenvalue weighted by Gasteiger charge is 2.39. The summed E-state index contributed by atoms with van der Waals surface area (Å²) in [6.07, 6.45) is 9.31. The van der Waals surface area contributed by atoms with E-state index in [4.69, 9.17) is 0 Å². The third-order valence-electron chi connectivity index (χ3n) is 5.01. The number of fused-ring (bicyclic) bond motifs is 1. The second kappa shape index (κ2) is 5.82. The maximum absolute atomic E-state index is 13.3. The van der Waals surface area contributed by atoms with E-state index in [0.29, 0.717) is 6.04 Å². The molecule has 0 heterocycles. The highest BCUT2D eigenvalue weighted by atomic mass is 19.1. The van der Waals surface area contributed by atoms with Crippen LogP contribution in [0.25, 0.3) is 0 Å². The maximum Gasteiger partial charge on any atom is 0.123 e. The summed E-state index contributed by atoms with van der Waals surface area (Å²) in [4.78, 5) is 0. The van der Waals surface area contributed by atoms with Crippen molar-refractivity contribution in [1.82, 2.24) is 5.32 Å². The standard InChI is InChI=1S/C17H24FNO/c18-14-7-8-16-13(11-14)9-10-17(16,12-20)19-15-5-3-1-2-4-6-15/h7-8,11,15,19-20H,1-6,9-10,12H2. The minimum atomic E-state index is -0.349. The molecule has 0 aromatic heterocycles. The Morgan fingerprint density at radius 3 is 2.65 bits per heavy atom. The van der Waals surface area contributed by atoms with Gasteiger partial charge in [-0.2, -0.15) is 0 Å². The number of hydrogen-bond donors (Lipinski definition) is 2. The molecule has 20 heavy (non-hydrogen) atoms. The lowest BCUT2D eigenvalue weighted by Gasteiger charge is -2.34. The molecule has 0 spiro atoms. The van der Waals surface area contributed by atoms with Crippen LogP contribution in [-0.4, -0.2) is 17.8 Å². The maximum atomic E-state index is 13.3. The van der Waals surface area contributed by atoms with Crippen LogP contribution in [0.2, 0.25) is 0 Å². The molecule has 3 rings (SSSR count). The predicted molar refractivity (Wildman–Crippen MR) is 78.1 cm³/mol. The third kappa shape index (κ3) is 2.61. The van der Waals surface area contributed by atoms with Crippen LogP contribution in [0.15, 0.2) is 18.2 Å². The number of aryl methyl sites for hydroxylation is 1. The summed E-state index contributed by atoms with van der Waals surface area (Å²) in [5.74, 6) is -0.174. The second-order valence-corrected chi connectivity index (χ2v) is 6.37. The molecule has 0 radical (unpaired) electrons. The first-order valence-corrected chi connectivity index (χ1v) is 7.91. The zero-order valence-corrected chi connectivity index (χ0v) is 12.0. The van der Waals surface area contributed by atoms with Crippen LogP contribution < -0.4 is 5.32 Å². The summed E-state index contributed by atoms with van der Waals surface area (Å²) in [5.41, 5.74) is 1.81. The minimum absolute atomic E-state index is 0.0993. The molecule has 110 valence electrons. The van der Waals surface area contributed by atoms with Crippen molar-refractivity contribution in [3.05, 3.63) is 35.1 Å². The molecule has 2 aliphatic carbocycles. The summed E-state index contributed by atoms with van der Waals surface area (Å²) >= 11 is 0. The van der Waals surface area contributed by atoms with Crippen LogP contribution in [0.1, 0.15) is 56.1 Å². The quantitative estimate of drug-likeness (QED) is 0.831. The Kier molecular flexibility index (Phi) is 4.08. The SMILES string of the molecule is OCC1(NC2CCCCCC2)CCc2cc(F)ccc21. The Labute approximate surface area is 120 Å². The van der Waals surface area contributed by atoms with Gasteiger partial charge in [0, 0.05) is 6.04 Å². The van der Waals surface area contributed by atoms with Gasteiger partial charge in [-0.3, -0.25) is 0 Å². The fourth-order valence-corrected chi connectivity index (χ4v) is 3.89. The zero-order valence-electron chi connectivity index (χ0n) is 12.0. The van der Waals surface area contributed by atoms with Gasteiger partial charge < -0.3 is 10.4 Å². The molecule has 2 aliphatic rings. The number of rotatable bonds is 3. The molecule has 1 unspecified atom stereocenters. The largest absolute Gasteiger partial charge is 0.394 e. The number of nitrogens with one attached hydrogen (secondary N) is 1. The minimum Gasteiger partial charge on any atom is -0.394 e. The summed E-state index contributed by atoms with van der Waals surface area (Å²) in [6, 6.07) is 5.49. The topological polar surface area (TPSA) is 32.3 Å². The van der Waals surface area contributed by atoms with Crippen molar-refractivity contribution in [1.29, 1.82) is 0 Å². The average molecular weight is 277 g/mol. The molecular formula is C17H24FNO. The van der Waals surface area contributed by atoms with Crippen LogP contribution in [0.3, 0.4) is 0 Å². The monoisotopic (exact) mass is 277 g/mol. The van der Waals surface area contributed by atoms with Crippen LogP contribution in [0, 0.1) is 5.82 Å². The van der Waals surface area contributed by atoms with Crippen LogP contribution >= 0.6 is 0 Å². The Morgan fingerprint density at radius 2 is 1.95 bits per heavy atom. The molecule has 0 aliphatic heterocycles. The molecule has 0 saturated heterocycles. The van der Waals surface area contributed by atoms with Crippen molar-refractivity contribution in [3.8, 4) is 0 Å². The predicted octanol–water partition coefficient (Wildman–Crippen LogP) is 3.27. The van der Waals surface area contributed by atoms with E-state index in [0.717, 1.165) is 24.0 Å². The van der Waals surface area contributed by atoms with Gasteiger partial charge in [-0.1, -0.05) is 31.7 Å². The molecule has 2 N–H and O–H groups in total. The molecule has 1 saturated carbocycles. The Morgan fingerprint density at radius 1 is 1.20 bits per heavy atom. The number of aliphatic hydroxyl groups excluding tert-OH is 1. The second-order valence-electron chi connectivity index (χ2n) is 6.37. The van der Waals surface area contributed by atoms with Gasteiger partial charge in [-0.25, -0.2) is 4.39 Å². The fourth-order valence-electron chi connectivity index (χ4n) is 3.89. The summed E-state index contributed by atoms with van der Waals surface area (Å²) < 4.78 is 13.3. The lowest BCUT2D eigenvalue weighted by Crippen LogP contribution is -2.49. The molecule has 1 atom stereocenters. The van der Waals surface area contributed by atoms with Gasteiger partial charge in [-0.05, 0) is 48.9 Å². The van der Waals surface area contributed by atoms with Gasteiger partial charge in [0.15, 0.2) is 0 Å². The van der Waals surface area contributed by atoms with E-state index in [-0.39, 0.29) is 18.0 Å². The molecule has 0 bridgehead atoms. The molecule has 3 heteroatoms. The summed E-state index contributed by atoms with van der Waals surface area (Å²) in [6.45, 7) is 0.0993. The first-order chi connectivity index (χ1) is 9.73. The molecule has 1 aromatic carbocycles. The van der Waals surface area contributed by atoms with E-state index in [2.05, 4.69) is 5.32 Å². The van der Waals surface area contributed by atoms with E-state index >= 15 is 0 Å². The average Bonchev–Trinajstić information content (AvgIpc) is 2.63. The summed E-state index contributed by atoms with van der Waals surface area (Å²) in [7, 11) is 0. The van der Waals surface area contributed by atoms with Crippen molar-refractivity contribution < 1.29 is 9.50 Å². The van der Waals surface area contributed by atoms with Crippen molar-refractivity contribution in [2.45, 2.75) is 62.9 Å². The highest BCUT2D eigenvalue weighted by molar-refractivity contribution is 5.39. The number of hydrogen-bond acceptors (Lipinski definition) is 2. The Balaban J connectivity index is 1.82. The smallest absolute Gasteiger partial charge is 0.123 e. The lowest BCUT2D eigenvalue weighted by molar-refractivity contribution is 0.142. The molecule has 0 amide bonds. The number of halogens is 1. The van der Waals surface area contributed by atoms with Gasteiger partial charge in [0.05, 0.1) is 12.1 Å². The van der Waals surface area contributed by atoms with E-state index < -0.39 is 0 Å². The van der Waals surface area contributed by atoms with Crippen molar-refractivity contribution >= 4 is 0 Å². The van der Waals surface area contributed by atoms with Crippen LogP contribution in [0.5, 0.6) is 0 Å². The molecular weight excluding hydrogens is 253 g/mol. The van der Waals surface area contributed by atoms with Gasteiger partial charge >= 0.3 is 0 Å². The van der Waals surface area contributed by atoms with E-state index in [9.17, 15) is 9.50 Å². The van der Waals surface area contributed by atoms with Gasteiger partial charge in [0.1, 0.15) is 5.82 Å². The van der Waals surface area contributed by atoms with Crippen molar-refractivity contribution in [3.63, 3.8) is 0 Å². The fraction of sp³-hybridized carbons (Fsp3) is 0.647. The molecule has 2 nitrogen and oxygen atoms in total. The van der Waals surface area contributed by atoms with Crippen LogP contribution in [0.4, 0.5) is 4.39 Å². The normalized spacial score (nSPS) is 27.3. The Hall–Kier alpha value is -0.930. The van der Waals surface area contributed by atoms with Crippen molar-refractivity contribution in [2.75, 3.05) is 6.61 Å². The first-order valence-electron chi connectivity index (χ1n) is 7.91. The van der Waals surface area contributed by atoms with Gasteiger partial charge in [-0.15, -0.1) is 0 Å².